The Morgan fingerprint density at radius 2 is 1.73 bits per heavy atom. The van der Waals surface area contributed by atoms with Gasteiger partial charge in [-0.25, -0.2) is 0 Å². The van der Waals surface area contributed by atoms with E-state index in [9.17, 15) is 0 Å². The molecule has 0 saturated carbocycles. The van der Waals surface area contributed by atoms with Gasteiger partial charge in [-0.15, -0.1) is 0 Å². The van der Waals surface area contributed by atoms with Crippen molar-refractivity contribution >= 4 is 33.3 Å². The summed E-state index contributed by atoms with van der Waals surface area (Å²) < 4.78 is 0. The van der Waals surface area contributed by atoms with E-state index in [1.165, 1.54) is 0 Å². The third kappa shape index (κ3) is 1.28. The fraction of sp³-hybridized carbons (Fsp3) is 0. The van der Waals surface area contributed by atoms with Gasteiger partial charge in [0.1, 0.15) is 0 Å². The Bertz CT molecular complexity index is 592. The van der Waals surface area contributed by atoms with Crippen LogP contribution in [-0.2, 0) is 0 Å². The Labute approximate surface area is 92.3 Å². The van der Waals surface area contributed by atoms with Gasteiger partial charge in [0.15, 0.2) is 0 Å². The van der Waals surface area contributed by atoms with Gasteiger partial charge in [-0.2, -0.15) is 0 Å². The molecule has 0 aliphatic carbocycles. The molecule has 72 valence electrons. The Kier molecular flexibility index (Phi) is 1.86. The molecule has 0 bridgehead atoms. The van der Waals surface area contributed by atoms with Crippen molar-refractivity contribution in [3.63, 3.8) is 0 Å². The molecule has 0 aliphatic heterocycles. The van der Waals surface area contributed by atoms with E-state index in [1.807, 2.05) is 30.3 Å². The molecule has 0 radical (unpaired) electrons. The van der Waals surface area contributed by atoms with Crippen LogP contribution in [0.3, 0.4) is 0 Å². The van der Waals surface area contributed by atoms with E-state index >= 15 is 0 Å². The predicted octanol–water partition coefficient (Wildman–Crippen LogP) is 4.04. The number of nitrogens with zero attached hydrogens (tertiary/aromatic N) is 1. The molecule has 3 rings (SSSR count). The number of aromatic nitrogens is 1. The molecule has 0 amide bonds. The Morgan fingerprint density at radius 3 is 2.67 bits per heavy atom. The Hall–Kier alpha value is -1.60. The molecule has 0 spiro atoms. The summed E-state index contributed by atoms with van der Waals surface area (Å²) in [6.07, 6.45) is 1.77. The van der Waals surface area contributed by atoms with Gasteiger partial charge < -0.3 is 0 Å². The Balaban J connectivity index is 2.60. The van der Waals surface area contributed by atoms with Crippen LogP contribution < -0.4 is 0 Å². The van der Waals surface area contributed by atoms with Crippen molar-refractivity contribution in [2.24, 2.45) is 0 Å². The van der Waals surface area contributed by atoms with Crippen LogP contribution in [0.25, 0.3) is 21.7 Å². The maximum Gasteiger partial charge on any atom is 0.0894 e. The van der Waals surface area contributed by atoms with Gasteiger partial charge in [0, 0.05) is 17.0 Å². The monoisotopic (exact) mass is 213 g/mol. The number of pyridine rings is 1. The lowest BCUT2D eigenvalue weighted by Crippen LogP contribution is -1.81. The van der Waals surface area contributed by atoms with E-state index in [1.54, 1.807) is 6.20 Å². The fourth-order valence-corrected chi connectivity index (χ4v) is 2.17. The molecule has 2 heteroatoms. The second-order valence-electron chi connectivity index (χ2n) is 3.49. The van der Waals surface area contributed by atoms with Crippen LogP contribution in [0.15, 0.2) is 48.7 Å². The van der Waals surface area contributed by atoms with Crippen LogP contribution in [0.1, 0.15) is 0 Å². The molecule has 0 unspecified atom stereocenters. The van der Waals surface area contributed by atoms with Gasteiger partial charge in [-0.1, -0.05) is 41.9 Å². The lowest BCUT2D eigenvalue weighted by atomic mass is 10.1. The van der Waals surface area contributed by atoms with Crippen molar-refractivity contribution < 1.29 is 0 Å². The topological polar surface area (TPSA) is 12.9 Å². The summed E-state index contributed by atoms with van der Waals surface area (Å²) in [6.45, 7) is 0. The summed E-state index contributed by atoms with van der Waals surface area (Å²) in [7, 11) is 0. The second kappa shape index (κ2) is 3.21. The first-order valence-electron chi connectivity index (χ1n) is 4.78. The minimum absolute atomic E-state index is 0.740. The van der Waals surface area contributed by atoms with E-state index in [0.717, 1.165) is 26.7 Å². The van der Waals surface area contributed by atoms with Crippen molar-refractivity contribution in [2.45, 2.75) is 0 Å². The van der Waals surface area contributed by atoms with Crippen molar-refractivity contribution in [1.29, 1.82) is 0 Å². The van der Waals surface area contributed by atoms with Crippen molar-refractivity contribution in [2.75, 3.05) is 0 Å². The third-order valence-electron chi connectivity index (χ3n) is 2.56. The molecule has 0 saturated heterocycles. The average molecular weight is 214 g/mol. The van der Waals surface area contributed by atoms with E-state index in [2.05, 4.69) is 17.1 Å². The summed E-state index contributed by atoms with van der Waals surface area (Å²) in [6, 6.07) is 14.2. The summed E-state index contributed by atoms with van der Waals surface area (Å²) in [5, 5.41) is 4.04. The second-order valence-corrected chi connectivity index (χ2v) is 3.86. The van der Waals surface area contributed by atoms with E-state index < -0.39 is 0 Å². The minimum atomic E-state index is 0.740. The number of fused-ring (bicyclic) bond motifs is 2. The lowest BCUT2D eigenvalue weighted by molar-refractivity contribution is 1.42. The molecule has 15 heavy (non-hydrogen) atoms. The van der Waals surface area contributed by atoms with Crippen molar-refractivity contribution in [1.82, 2.24) is 4.98 Å². The van der Waals surface area contributed by atoms with Gasteiger partial charge in [-0.05, 0) is 17.5 Å². The highest BCUT2D eigenvalue weighted by Crippen LogP contribution is 2.30. The smallest absolute Gasteiger partial charge is 0.0894 e. The third-order valence-corrected chi connectivity index (χ3v) is 2.94. The maximum atomic E-state index is 6.31. The molecule has 1 aromatic heterocycles. The average Bonchev–Trinajstić information content (AvgIpc) is 2.30. The van der Waals surface area contributed by atoms with Crippen molar-refractivity contribution in [3.05, 3.63) is 53.7 Å². The van der Waals surface area contributed by atoms with Crippen LogP contribution in [0.4, 0.5) is 0 Å². The van der Waals surface area contributed by atoms with E-state index in [-0.39, 0.29) is 0 Å². The zero-order chi connectivity index (χ0) is 10.3. The zero-order valence-electron chi connectivity index (χ0n) is 7.94. The summed E-state index contributed by atoms with van der Waals surface area (Å²) in [5.74, 6) is 0. The number of halogens is 1. The molecule has 0 N–H and O–H groups in total. The van der Waals surface area contributed by atoms with Crippen molar-refractivity contribution in [3.8, 4) is 0 Å². The molecule has 3 aromatic rings. The van der Waals surface area contributed by atoms with Gasteiger partial charge in [-0.3, -0.25) is 4.98 Å². The minimum Gasteiger partial charge on any atom is -0.255 e. The quantitative estimate of drug-likeness (QED) is 0.514. The first kappa shape index (κ1) is 8.69. The maximum absolute atomic E-state index is 6.31. The molecule has 1 nitrogen and oxygen atoms in total. The highest BCUT2D eigenvalue weighted by atomic mass is 35.5. The zero-order valence-corrected chi connectivity index (χ0v) is 8.70. The SMILES string of the molecule is Clc1c2ccccc2cc2cccnc12. The lowest BCUT2D eigenvalue weighted by Gasteiger charge is -2.04. The summed E-state index contributed by atoms with van der Waals surface area (Å²) in [5.41, 5.74) is 0.873. The first-order valence-corrected chi connectivity index (χ1v) is 5.16. The highest BCUT2D eigenvalue weighted by molar-refractivity contribution is 6.40. The van der Waals surface area contributed by atoms with Crippen LogP contribution in [0.5, 0.6) is 0 Å². The van der Waals surface area contributed by atoms with E-state index in [0.29, 0.717) is 0 Å². The molecular weight excluding hydrogens is 206 g/mol. The number of rotatable bonds is 0. The molecule has 1 heterocycles. The predicted molar refractivity (Wildman–Crippen MR) is 64.3 cm³/mol. The highest BCUT2D eigenvalue weighted by Gasteiger charge is 2.04. The van der Waals surface area contributed by atoms with Crippen LogP contribution >= 0.6 is 11.6 Å². The van der Waals surface area contributed by atoms with Gasteiger partial charge in [0.05, 0.1) is 10.5 Å². The molecular formula is C13H8ClN. The van der Waals surface area contributed by atoms with Crippen LogP contribution in [0, 0.1) is 0 Å². The largest absolute Gasteiger partial charge is 0.255 e. The fourth-order valence-electron chi connectivity index (χ4n) is 1.84. The number of benzene rings is 2. The van der Waals surface area contributed by atoms with Gasteiger partial charge in [0.25, 0.3) is 0 Å². The normalized spacial score (nSPS) is 11.0. The summed E-state index contributed by atoms with van der Waals surface area (Å²) in [4.78, 5) is 4.30. The Morgan fingerprint density at radius 1 is 0.933 bits per heavy atom. The van der Waals surface area contributed by atoms with Crippen LogP contribution in [-0.4, -0.2) is 4.98 Å². The standard InChI is InChI=1S/C13H8ClN/c14-12-11-6-2-1-4-9(11)8-10-5-3-7-15-13(10)12/h1-8H. The number of hydrogen-bond donors (Lipinski definition) is 0. The van der Waals surface area contributed by atoms with Gasteiger partial charge in [0.2, 0.25) is 0 Å². The summed E-state index contributed by atoms with van der Waals surface area (Å²) >= 11 is 6.31. The van der Waals surface area contributed by atoms with Gasteiger partial charge >= 0.3 is 0 Å². The number of hydrogen-bond acceptors (Lipinski definition) is 1. The molecule has 0 aliphatic rings. The molecule has 0 atom stereocenters. The van der Waals surface area contributed by atoms with Crippen LogP contribution in [0.2, 0.25) is 5.02 Å². The molecule has 2 aromatic carbocycles. The van der Waals surface area contributed by atoms with E-state index in [4.69, 9.17) is 11.6 Å². The first-order chi connectivity index (χ1) is 7.36. The molecule has 0 fully saturated rings.